The van der Waals surface area contributed by atoms with Gasteiger partial charge in [-0.3, -0.25) is 10.1 Å². The standard InChI is InChI=1S/C16H17N3O2S/c1-12(22-14-9-5-6-10-17-14)15(20)19-16(21)18-11-13-7-3-2-4-8-13/h2-10,12H,11H2,1H3,(H2,18,19,20,21)/t12-/m0/s1. The van der Waals surface area contributed by atoms with Crippen molar-refractivity contribution in [1.82, 2.24) is 15.6 Å². The van der Waals surface area contributed by atoms with Crippen LogP contribution in [0.25, 0.3) is 0 Å². The topological polar surface area (TPSA) is 71.1 Å². The summed E-state index contributed by atoms with van der Waals surface area (Å²) < 4.78 is 0. The van der Waals surface area contributed by atoms with E-state index in [9.17, 15) is 9.59 Å². The molecule has 0 aliphatic heterocycles. The van der Waals surface area contributed by atoms with Gasteiger partial charge in [0.25, 0.3) is 0 Å². The fraction of sp³-hybridized carbons (Fsp3) is 0.188. The fourth-order valence-electron chi connectivity index (χ4n) is 1.69. The van der Waals surface area contributed by atoms with Crippen molar-refractivity contribution in [2.24, 2.45) is 0 Å². The first kappa shape index (κ1) is 16.0. The van der Waals surface area contributed by atoms with Crippen molar-refractivity contribution in [3.63, 3.8) is 0 Å². The molecule has 0 spiro atoms. The Morgan fingerprint density at radius 3 is 2.55 bits per heavy atom. The molecule has 2 aromatic rings. The Hall–Kier alpha value is -2.34. The zero-order valence-electron chi connectivity index (χ0n) is 12.2. The van der Waals surface area contributed by atoms with Gasteiger partial charge in [-0.25, -0.2) is 9.78 Å². The Morgan fingerprint density at radius 1 is 1.14 bits per heavy atom. The van der Waals surface area contributed by atoms with Crippen molar-refractivity contribution in [3.8, 4) is 0 Å². The maximum absolute atomic E-state index is 11.9. The monoisotopic (exact) mass is 315 g/mol. The molecule has 1 atom stereocenters. The molecule has 0 radical (unpaired) electrons. The van der Waals surface area contributed by atoms with Gasteiger partial charge in [0.2, 0.25) is 5.91 Å². The minimum absolute atomic E-state index is 0.346. The third-order valence-electron chi connectivity index (χ3n) is 2.84. The molecule has 22 heavy (non-hydrogen) atoms. The predicted molar refractivity (Wildman–Crippen MR) is 86.4 cm³/mol. The summed E-state index contributed by atoms with van der Waals surface area (Å²) in [6.45, 7) is 2.11. The van der Waals surface area contributed by atoms with Crippen molar-refractivity contribution in [1.29, 1.82) is 0 Å². The molecule has 1 aromatic carbocycles. The second-order valence-electron chi connectivity index (χ2n) is 4.59. The maximum Gasteiger partial charge on any atom is 0.321 e. The summed E-state index contributed by atoms with van der Waals surface area (Å²) in [4.78, 5) is 27.8. The molecule has 114 valence electrons. The number of imide groups is 1. The Balaban J connectivity index is 1.77. The largest absolute Gasteiger partial charge is 0.334 e. The van der Waals surface area contributed by atoms with Gasteiger partial charge in [0.05, 0.1) is 10.3 Å². The Kier molecular flexibility index (Phi) is 5.97. The molecule has 0 unspecified atom stereocenters. The van der Waals surface area contributed by atoms with Gasteiger partial charge in [-0.2, -0.15) is 0 Å². The van der Waals surface area contributed by atoms with Crippen molar-refractivity contribution >= 4 is 23.7 Å². The highest BCUT2D eigenvalue weighted by atomic mass is 32.2. The SMILES string of the molecule is C[C@H](Sc1ccccn1)C(=O)NC(=O)NCc1ccccc1. The number of thioether (sulfide) groups is 1. The van der Waals surface area contributed by atoms with Crippen LogP contribution in [0.5, 0.6) is 0 Å². The Labute approximate surface area is 133 Å². The molecule has 5 nitrogen and oxygen atoms in total. The van der Waals surface area contributed by atoms with E-state index < -0.39 is 11.3 Å². The predicted octanol–water partition coefficient (Wildman–Crippen LogP) is 2.59. The van der Waals surface area contributed by atoms with Gasteiger partial charge in [-0.05, 0) is 24.6 Å². The first-order valence-electron chi connectivity index (χ1n) is 6.85. The third kappa shape index (κ3) is 5.21. The quantitative estimate of drug-likeness (QED) is 0.832. The van der Waals surface area contributed by atoms with Crippen LogP contribution in [0.2, 0.25) is 0 Å². The lowest BCUT2D eigenvalue weighted by molar-refractivity contribution is -0.119. The van der Waals surface area contributed by atoms with E-state index in [0.29, 0.717) is 6.54 Å². The van der Waals surface area contributed by atoms with Crippen LogP contribution in [-0.2, 0) is 11.3 Å². The summed E-state index contributed by atoms with van der Waals surface area (Å²) in [7, 11) is 0. The van der Waals surface area contributed by atoms with E-state index in [-0.39, 0.29) is 5.91 Å². The smallest absolute Gasteiger partial charge is 0.321 e. The summed E-state index contributed by atoms with van der Waals surface area (Å²) >= 11 is 1.30. The number of pyridine rings is 1. The Bertz CT molecular complexity index is 620. The second-order valence-corrected chi connectivity index (χ2v) is 5.95. The van der Waals surface area contributed by atoms with Gasteiger partial charge in [0, 0.05) is 12.7 Å². The summed E-state index contributed by atoms with van der Waals surface area (Å²) in [6.07, 6.45) is 1.67. The molecule has 0 aliphatic rings. The molecular weight excluding hydrogens is 298 g/mol. The highest BCUT2D eigenvalue weighted by Gasteiger charge is 2.17. The number of benzene rings is 1. The average molecular weight is 315 g/mol. The molecule has 1 aromatic heterocycles. The number of carbonyl (C=O) groups is 2. The minimum Gasteiger partial charge on any atom is -0.334 e. The van der Waals surface area contributed by atoms with Gasteiger partial charge in [-0.1, -0.05) is 48.2 Å². The van der Waals surface area contributed by atoms with Gasteiger partial charge in [0.1, 0.15) is 0 Å². The van der Waals surface area contributed by atoms with Gasteiger partial charge < -0.3 is 5.32 Å². The van der Waals surface area contributed by atoms with Crippen LogP contribution in [0.3, 0.4) is 0 Å². The molecule has 0 saturated carbocycles. The van der Waals surface area contributed by atoms with E-state index in [1.165, 1.54) is 11.8 Å². The number of hydrogen-bond donors (Lipinski definition) is 2. The number of rotatable bonds is 5. The molecule has 2 rings (SSSR count). The molecule has 3 amide bonds. The zero-order valence-corrected chi connectivity index (χ0v) is 13.0. The number of aromatic nitrogens is 1. The van der Waals surface area contributed by atoms with E-state index >= 15 is 0 Å². The van der Waals surface area contributed by atoms with Crippen molar-refractivity contribution in [2.75, 3.05) is 0 Å². The molecule has 6 heteroatoms. The van der Waals surface area contributed by atoms with Crippen LogP contribution in [0.4, 0.5) is 4.79 Å². The molecule has 0 fully saturated rings. The summed E-state index contributed by atoms with van der Waals surface area (Å²) in [5.74, 6) is -0.346. The van der Waals surface area contributed by atoms with E-state index in [2.05, 4.69) is 15.6 Å². The van der Waals surface area contributed by atoms with Crippen LogP contribution in [0.15, 0.2) is 59.8 Å². The highest BCUT2D eigenvalue weighted by Crippen LogP contribution is 2.20. The molecule has 1 heterocycles. The number of nitrogens with one attached hydrogen (secondary N) is 2. The number of urea groups is 1. The normalized spacial score (nSPS) is 11.5. The lowest BCUT2D eigenvalue weighted by atomic mass is 10.2. The van der Waals surface area contributed by atoms with Gasteiger partial charge in [0.15, 0.2) is 0 Å². The van der Waals surface area contributed by atoms with Gasteiger partial charge >= 0.3 is 6.03 Å². The minimum atomic E-state index is -0.498. The number of nitrogens with zero attached hydrogens (tertiary/aromatic N) is 1. The van der Waals surface area contributed by atoms with Crippen molar-refractivity contribution in [3.05, 3.63) is 60.3 Å². The van der Waals surface area contributed by atoms with E-state index in [1.54, 1.807) is 13.1 Å². The molecule has 2 N–H and O–H groups in total. The molecule has 0 aliphatic carbocycles. The molecule has 0 bridgehead atoms. The third-order valence-corrected chi connectivity index (χ3v) is 3.89. The Morgan fingerprint density at radius 2 is 1.86 bits per heavy atom. The first-order valence-corrected chi connectivity index (χ1v) is 7.73. The van der Waals surface area contributed by atoms with Crippen molar-refractivity contribution in [2.45, 2.75) is 23.7 Å². The maximum atomic E-state index is 11.9. The number of amides is 3. The lowest BCUT2D eigenvalue weighted by Crippen LogP contribution is -2.42. The second kappa shape index (κ2) is 8.19. The molecular formula is C16H17N3O2S. The zero-order chi connectivity index (χ0) is 15.8. The van der Waals surface area contributed by atoms with E-state index in [0.717, 1.165) is 10.6 Å². The summed E-state index contributed by atoms with van der Waals surface area (Å²) in [5.41, 5.74) is 0.973. The average Bonchev–Trinajstić information content (AvgIpc) is 2.55. The van der Waals surface area contributed by atoms with E-state index in [4.69, 9.17) is 0 Å². The van der Waals surface area contributed by atoms with Crippen LogP contribution in [0.1, 0.15) is 12.5 Å². The molecule has 0 saturated heterocycles. The van der Waals surface area contributed by atoms with Gasteiger partial charge in [-0.15, -0.1) is 0 Å². The summed E-state index contributed by atoms with van der Waals surface area (Å²) in [6, 6.07) is 14.5. The fourth-order valence-corrected chi connectivity index (χ4v) is 2.49. The number of hydrogen-bond acceptors (Lipinski definition) is 4. The van der Waals surface area contributed by atoms with Crippen molar-refractivity contribution < 1.29 is 9.59 Å². The number of carbonyl (C=O) groups excluding carboxylic acids is 2. The first-order chi connectivity index (χ1) is 10.6. The highest BCUT2D eigenvalue weighted by molar-refractivity contribution is 8.00. The van der Waals surface area contributed by atoms with Crippen LogP contribution >= 0.6 is 11.8 Å². The van der Waals surface area contributed by atoms with Crippen LogP contribution < -0.4 is 10.6 Å². The lowest BCUT2D eigenvalue weighted by Gasteiger charge is -2.11. The van der Waals surface area contributed by atoms with Crippen LogP contribution in [0, 0.1) is 0 Å². The van der Waals surface area contributed by atoms with Crippen LogP contribution in [-0.4, -0.2) is 22.2 Å². The van der Waals surface area contributed by atoms with E-state index in [1.807, 2.05) is 48.5 Å². The summed E-state index contributed by atoms with van der Waals surface area (Å²) in [5, 5.41) is 5.33.